The van der Waals surface area contributed by atoms with Crippen LogP contribution in [0.2, 0.25) is 0 Å². The van der Waals surface area contributed by atoms with Gasteiger partial charge in [0.1, 0.15) is 48.8 Å². The summed E-state index contributed by atoms with van der Waals surface area (Å²) in [7, 11) is 0. The Hall–Kier alpha value is -2.31. The first-order valence-corrected chi connectivity index (χ1v) is 39.5. The Bertz CT molecular complexity index is 1810. The van der Waals surface area contributed by atoms with Gasteiger partial charge in [-0.15, -0.1) is 0 Å². The van der Waals surface area contributed by atoms with E-state index >= 15 is 0 Å². The molecule has 2 saturated heterocycles. The van der Waals surface area contributed by atoms with Crippen molar-refractivity contribution in [2.24, 2.45) is 0 Å². The zero-order chi connectivity index (χ0) is 68.0. The summed E-state index contributed by atoms with van der Waals surface area (Å²) in [5.74, 6) is -0.244. The number of nitrogens with one attached hydrogen (secondary N) is 1. The molecule has 1 amide bonds. The van der Waals surface area contributed by atoms with Crippen molar-refractivity contribution in [3.8, 4) is 0 Å². The minimum atomic E-state index is -1.79. The maximum atomic E-state index is 13.4. The minimum Gasteiger partial charge on any atom is -0.394 e. The molecule has 12 atom stereocenters. The highest BCUT2D eigenvalue weighted by Crippen LogP contribution is 2.30. The molecule has 14 nitrogen and oxygen atoms in total. The molecule has 0 radical (unpaired) electrons. The first kappa shape index (κ1) is 87.8. The van der Waals surface area contributed by atoms with Gasteiger partial charge >= 0.3 is 0 Å². The van der Waals surface area contributed by atoms with E-state index in [1.807, 2.05) is 6.08 Å². The highest BCUT2D eigenvalue weighted by atomic mass is 16.7. The number of ether oxygens (including phenoxy) is 4. The molecule has 2 aliphatic rings. The number of hydrogen-bond donors (Lipinski definition) is 9. The van der Waals surface area contributed by atoms with E-state index in [-0.39, 0.29) is 18.9 Å². The fraction of sp³-hybridized carbons (Fsp3) is 0.863. The van der Waals surface area contributed by atoms with Crippen molar-refractivity contribution in [1.82, 2.24) is 5.32 Å². The fourth-order valence-corrected chi connectivity index (χ4v) is 12.9. The van der Waals surface area contributed by atoms with Crippen LogP contribution in [0.25, 0.3) is 0 Å². The first-order valence-electron chi connectivity index (χ1n) is 39.5. The third-order valence-corrected chi connectivity index (χ3v) is 19.2. The number of amides is 1. The number of allylic oxidation sites excluding steroid dienone is 9. The summed E-state index contributed by atoms with van der Waals surface area (Å²) in [4.78, 5) is 13.4. The van der Waals surface area contributed by atoms with Crippen molar-refractivity contribution < 1.29 is 64.6 Å². The van der Waals surface area contributed by atoms with Crippen LogP contribution in [0.3, 0.4) is 0 Å². The monoisotopic (exact) mass is 1330 g/mol. The van der Waals surface area contributed by atoms with Gasteiger partial charge in [0.15, 0.2) is 12.6 Å². The number of carbonyl (C=O) groups excluding carboxylic acids is 1. The van der Waals surface area contributed by atoms with E-state index in [9.17, 15) is 45.6 Å². The van der Waals surface area contributed by atoms with Crippen LogP contribution in [-0.4, -0.2) is 140 Å². The lowest BCUT2D eigenvalue weighted by molar-refractivity contribution is -0.359. The Labute approximate surface area is 575 Å². The quantitative estimate of drug-likeness (QED) is 0.0204. The van der Waals surface area contributed by atoms with Gasteiger partial charge in [-0.1, -0.05) is 331 Å². The van der Waals surface area contributed by atoms with Crippen molar-refractivity contribution in [2.45, 2.75) is 421 Å². The minimum absolute atomic E-state index is 0.244. The predicted molar refractivity (Wildman–Crippen MR) is 387 cm³/mol. The van der Waals surface area contributed by atoms with Crippen LogP contribution in [0.1, 0.15) is 348 Å². The van der Waals surface area contributed by atoms with Crippen molar-refractivity contribution in [3.05, 3.63) is 60.8 Å². The van der Waals surface area contributed by atoms with Gasteiger partial charge in [-0.2, -0.15) is 0 Å². The van der Waals surface area contributed by atoms with E-state index in [4.69, 9.17) is 18.9 Å². The molecule has 0 spiro atoms. The van der Waals surface area contributed by atoms with Crippen molar-refractivity contribution in [1.29, 1.82) is 0 Å². The largest absolute Gasteiger partial charge is 0.394 e. The molecule has 0 aromatic rings. The molecular weight excluding hydrogens is 1180 g/mol. The average molecular weight is 1330 g/mol. The summed E-state index contributed by atoms with van der Waals surface area (Å²) in [6.45, 7) is 2.82. The van der Waals surface area contributed by atoms with E-state index < -0.39 is 86.8 Å². The zero-order valence-corrected chi connectivity index (χ0v) is 60.2. The molecule has 0 aromatic carbocycles. The molecule has 550 valence electrons. The van der Waals surface area contributed by atoms with Gasteiger partial charge in [-0.25, -0.2) is 0 Å². The lowest BCUT2D eigenvalue weighted by Crippen LogP contribution is -2.65. The summed E-state index contributed by atoms with van der Waals surface area (Å²) in [5, 5.41) is 87.6. The number of aliphatic hydroxyl groups excluding tert-OH is 8. The molecule has 2 aliphatic heterocycles. The summed E-state index contributed by atoms with van der Waals surface area (Å²) >= 11 is 0. The zero-order valence-electron chi connectivity index (χ0n) is 60.2. The van der Waals surface area contributed by atoms with Gasteiger partial charge in [-0.3, -0.25) is 4.79 Å². The lowest BCUT2D eigenvalue weighted by Gasteiger charge is -2.46. The molecule has 9 N–H and O–H groups in total. The topological polar surface area (TPSA) is 228 Å². The van der Waals surface area contributed by atoms with Crippen LogP contribution >= 0.6 is 0 Å². The molecular formula is C80H147NO13. The highest BCUT2D eigenvalue weighted by molar-refractivity contribution is 5.76. The molecule has 94 heavy (non-hydrogen) atoms. The Balaban J connectivity index is 1.62. The van der Waals surface area contributed by atoms with Gasteiger partial charge < -0.3 is 65.1 Å². The number of aliphatic hydroxyl groups is 8. The molecule has 2 rings (SSSR count). The molecule has 12 unspecified atom stereocenters. The van der Waals surface area contributed by atoms with E-state index in [1.54, 1.807) is 6.08 Å². The van der Waals surface area contributed by atoms with Crippen LogP contribution in [0.4, 0.5) is 0 Å². The van der Waals surface area contributed by atoms with Crippen LogP contribution in [0, 0.1) is 0 Å². The Morgan fingerprint density at radius 2 is 0.713 bits per heavy atom. The molecule has 0 bridgehead atoms. The lowest BCUT2D eigenvalue weighted by atomic mass is 9.97. The summed E-state index contributed by atoms with van der Waals surface area (Å²) < 4.78 is 22.9. The van der Waals surface area contributed by atoms with Crippen LogP contribution in [0.5, 0.6) is 0 Å². The second-order valence-electron chi connectivity index (χ2n) is 27.8. The number of unbranched alkanes of at least 4 members (excludes halogenated alkanes) is 45. The summed E-state index contributed by atoms with van der Waals surface area (Å²) in [6, 6.07) is -0.934. The molecule has 0 aromatic heterocycles. The van der Waals surface area contributed by atoms with E-state index in [1.165, 1.54) is 270 Å². The highest BCUT2D eigenvalue weighted by Gasteiger charge is 2.51. The van der Waals surface area contributed by atoms with E-state index in [2.05, 4.69) is 67.8 Å². The smallest absolute Gasteiger partial charge is 0.220 e. The average Bonchev–Trinajstić information content (AvgIpc) is 0.794. The normalized spacial score (nSPS) is 22.7. The third-order valence-electron chi connectivity index (χ3n) is 19.2. The van der Waals surface area contributed by atoms with E-state index in [0.29, 0.717) is 12.8 Å². The fourth-order valence-electron chi connectivity index (χ4n) is 12.9. The summed E-state index contributed by atoms with van der Waals surface area (Å²) in [6.07, 6.45) is 70.2. The van der Waals surface area contributed by atoms with Crippen LogP contribution in [0.15, 0.2) is 60.8 Å². The number of hydrogen-bond acceptors (Lipinski definition) is 13. The summed E-state index contributed by atoms with van der Waals surface area (Å²) in [5.41, 5.74) is 0. The second-order valence-corrected chi connectivity index (χ2v) is 27.8. The number of carbonyl (C=O) groups is 1. The van der Waals surface area contributed by atoms with Crippen molar-refractivity contribution in [2.75, 3.05) is 19.8 Å². The maximum Gasteiger partial charge on any atom is 0.220 e. The Morgan fingerprint density at radius 1 is 0.383 bits per heavy atom. The molecule has 0 aliphatic carbocycles. The van der Waals surface area contributed by atoms with Gasteiger partial charge in [0.05, 0.1) is 32.0 Å². The number of rotatable bonds is 66. The second kappa shape index (κ2) is 64.1. The molecule has 2 heterocycles. The Morgan fingerprint density at radius 3 is 1.12 bits per heavy atom. The standard InChI is InChI=1S/C80H147NO13/c1-3-5-7-9-11-13-15-17-19-21-23-25-27-29-30-31-32-33-34-35-36-37-38-40-42-44-46-48-50-52-54-56-58-60-62-64-72(85)81-68(67-91-79-77(90)75(88)78(71(66-83)93-79)94-80-76(89)74(87)73(86)70(65-82)92-80)69(84)63-61-59-57-55-53-51-49-47-45-43-41-39-28-26-24-22-20-18-16-14-12-10-8-6-4-2/h15,17,21,23,27,29,53,55,61,63,68-71,73-80,82-84,86-90H,3-14,16,18-20,22,24-26,28,30-52,54,56-60,62,64-67H2,1-2H3,(H,81,85)/b17-15-,23-21-,29-27-,55-53+,63-61+. The first-order chi connectivity index (χ1) is 46.1. The molecule has 2 fully saturated rings. The maximum absolute atomic E-state index is 13.4. The van der Waals surface area contributed by atoms with Gasteiger partial charge in [0.2, 0.25) is 5.91 Å². The molecule has 14 heteroatoms. The Kier molecular flexibility index (Phi) is 59.8. The van der Waals surface area contributed by atoms with E-state index in [0.717, 1.165) is 44.9 Å². The SMILES string of the molecule is CCCCCCC/C=C\C/C=C\C/C=C\CCCCCCCCCCCCCCCCCCCCCCC(=O)NC(COC1OC(CO)C(OC2OC(CO)C(O)C(O)C2O)C(O)C1O)C(O)/C=C/CC/C=C/CCCCCCCCCCCCCCCCCCCCC. The predicted octanol–water partition coefficient (Wildman–Crippen LogP) is 17.6. The third kappa shape index (κ3) is 46.9. The molecule has 0 saturated carbocycles. The van der Waals surface area contributed by atoms with Gasteiger partial charge in [0, 0.05) is 6.42 Å². The van der Waals surface area contributed by atoms with Gasteiger partial charge in [-0.05, 0) is 70.6 Å². The van der Waals surface area contributed by atoms with Crippen molar-refractivity contribution in [3.63, 3.8) is 0 Å². The van der Waals surface area contributed by atoms with Gasteiger partial charge in [0.25, 0.3) is 0 Å². The van der Waals surface area contributed by atoms with Crippen molar-refractivity contribution >= 4 is 5.91 Å². The van der Waals surface area contributed by atoms with Crippen LogP contribution in [-0.2, 0) is 23.7 Å². The van der Waals surface area contributed by atoms with Crippen LogP contribution < -0.4 is 5.32 Å².